The second-order valence-electron chi connectivity index (χ2n) is 7.56. The Morgan fingerprint density at radius 2 is 1.90 bits per heavy atom. The summed E-state index contributed by atoms with van der Waals surface area (Å²) in [6, 6.07) is 4.48. The van der Waals surface area contributed by atoms with E-state index in [0.717, 1.165) is 5.01 Å². The van der Waals surface area contributed by atoms with Crippen molar-refractivity contribution in [2.45, 2.75) is 19.9 Å². The summed E-state index contributed by atoms with van der Waals surface area (Å²) in [5.74, 6) is -0.465. The first-order valence-electron chi connectivity index (χ1n) is 9.79. The predicted octanol–water partition coefficient (Wildman–Crippen LogP) is 2.92. The van der Waals surface area contributed by atoms with Gasteiger partial charge in [0.1, 0.15) is 0 Å². The minimum absolute atomic E-state index is 0.0581. The maximum Gasteiger partial charge on any atom is 0.290 e. The number of carbonyl (C=O) groups is 2. The monoisotopic (exact) mass is 445 g/mol. The van der Waals surface area contributed by atoms with E-state index in [1.807, 2.05) is 25.9 Å². The van der Waals surface area contributed by atoms with E-state index in [2.05, 4.69) is 4.98 Å². The highest BCUT2D eigenvalue weighted by Crippen LogP contribution is 2.42. The number of amides is 1. The Kier molecular flexibility index (Phi) is 6.66. The third-order valence-electron chi connectivity index (χ3n) is 5.17. The van der Waals surface area contributed by atoms with Gasteiger partial charge in [-0.2, -0.15) is 0 Å². The molecule has 1 atom stereocenters. The molecule has 1 amide bonds. The van der Waals surface area contributed by atoms with Crippen LogP contribution in [0.5, 0.6) is 11.5 Å². The van der Waals surface area contributed by atoms with Crippen molar-refractivity contribution in [1.82, 2.24) is 14.8 Å². The van der Waals surface area contributed by atoms with Crippen LogP contribution in [-0.4, -0.2) is 73.0 Å². The zero-order valence-electron chi connectivity index (χ0n) is 18.6. The van der Waals surface area contributed by atoms with Gasteiger partial charge in [-0.15, -0.1) is 11.3 Å². The van der Waals surface area contributed by atoms with E-state index < -0.39 is 17.7 Å². The Morgan fingerprint density at radius 1 is 1.23 bits per heavy atom. The quantitative estimate of drug-likeness (QED) is 0.625. The average Bonchev–Trinajstić information content (AvgIpc) is 3.21. The molecule has 0 saturated carbocycles. The van der Waals surface area contributed by atoms with Crippen molar-refractivity contribution in [1.29, 1.82) is 0 Å². The van der Waals surface area contributed by atoms with Crippen molar-refractivity contribution in [3.05, 3.63) is 50.7 Å². The van der Waals surface area contributed by atoms with Crippen LogP contribution in [-0.2, 0) is 4.79 Å². The minimum Gasteiger partial charge on any atom is -0.503 e. The van der Waals surface area contributed by atoms with Gasteiger partial charge in [0.05, 0.1) is 41.4 Å². The fraction of sp³-hybridized carbons (Fsp3) is 0.409. The van der Waals surface area contributed by atoms with E-state index in [4.69, 9.17) is 9.47 Å². The summed E-state index contributed by atoms with van der Waals surface area (Å²) in [4.78, 5) is 34.7. The largest absolute Gasteiger partial charge is 0.503 e. The molecule has 1 aliphatic rings. The maximum atomic E-state index is 13.5. The van der Waals surface area contributed by atoms with Crippen LogP contribution in [0.3, 0.4) is 0 Å². The summed E-state index contributed by atoms with van der Waals surface area (Å²) in [5, 5.41) is 11.5. The molecule has 1 aromatic carbocycles. The number of carbonyl (C=O) groups excluding carboxylic acids is 2. The number of aliphatic hydroxyl groups excluding tert-OH is 1. The molecule has 0 spiro atoms. The summed E-state index contributed by atoms with van der Waals surface area (Å²) < 4.78 is 10.7. The van der Waals surface area contributed by atoms with Crippen LogP contribution in [0.25, 0.3) is 0 Å². The van der Waals surface area contributed by atoms with Gasteiger partial charge in [-0.1, -0.05) is 6.07 Å². The van der Waals surface area contributed by atoms with Crippen molar-refractivity contribution in [3.8, 4) is 11.5 Å². The van der Waals surface area contributed by atoms with Crippen LogP contribution in [0.15, 0.2) is 29.5 Å². The lowest BCUT2D eigenvalue weighted by Gasteiger charge is -2.28. The molecule has 1 N–H and O–H groups in total. The average molecular weight is 446 g/mol. The predicted molar refractivity (Wildman–Crippen MR) is 118 cm³/mol. The van der Waals surface area contributed by atoms with Crippen LogP contribution >= 0.6 is 11.3 Å². The number of ether oxygens (including phenoxy) is 2. The van der Waals surface area contributed by atoms with E-state index in [-0.39, 0.29) is 11.4 Å². The number of aryl methyl sites for hydroxylation is 2. The molecule has 3 rings (SSSR count). The van der Waals surface area contributed by atoms with Crippen LogP contribution in [0, 0.1) is 13.8 Å². The van der Waals surface area contributed by atoms with Gasteiger partial charge < -0.3 is 24.4 Å². The van der Waals surface area contributed by atoms with Crippen LogP contribution in [0.2, 0.25) is 0 Å². The molecule has 0 bridgehead atoms. The summed E-state index contributed by atoms with van der Waals surface area (Å²) >= 11 is 1.25. The smallest absolute Gasteiger partial charge is 0.290 e. The molecule has 0 unspecified atom stereocenters. The number of thiazole rings is 1. The van der Waals surface area contributed by atoms with E-state index in [9.17, 15) is 14.7 Å². The molecule has 0 aliphatic carbocycles. The molecule has 0 fully saturated rings. The fourth-order valence-corrected chi connectivity index (χ4v) is 4.53. The zero-order valence-corrected chi connectivity index (χ0v) is 19.4. The number of hydrogen-bond acceptors (Lipinski definition) is 8. The Labute approximate surface area is 185 Å². The highest BCUT2D eigenvalue weighted by Gasteiger charge is 2.44. The first-order chi connectivity index (χ1) is 14.7. The summed E-state index contributed by atoms with van der Waals surface area (Å²) in [5.41, 5.74) is 1.29. The van der Waals surface area contributed by atoms with Gasteiger partial charge in [0.25, 0.3) is 5.91 Å². The lowest BCUT2D eigenvalue weighted by Crippen LogP contribution is -2.36. The molecular weight excluding hydrogens is 418 g/mol. The van der Waals surface area contributed by atoms with Crippen LogP contribution in [0.1, 0.15) is 32.0 Å². The van der Waals surface area contributed by atoms with E-state index in [1.54, 1.807) is 25.1 Å². The fourth-order valence-electron chi connectivity index (χ4n) is 3.66. The number of methoxy groups -OCH3 is 2. The van der Waals surface area contributed by atoms with Crippen molar-refractivity contribution >= 4 is 23.0 Å². The van der Waals surface area contributed by atoms with Crippen LogP contribution < -0.4 is 9.47 Å². The van der Waals surface area contributed by atoms with Gasteiger partial charge in [-0.25, -0.2) is 4.98 Å². The van der Waals surface area contributed by atoms with Crippen molar-refractivity contribution in [2.75, 3.05) is 41.4 Å². The number of aliphatic hydroxyl groups is 1. The molecule has 0 radical (unpaired) electrons. The first kappa shape index (κ1) is 22.8. The molecule has 166 valence electrons. The minimum atomic E-state index is -0.749. The molecule has 9 heteroatoms. The number of nitrogens with zero attached hydrogens (tertiary/aromatic N) is 3. The number of aromatic nitrogens is 1. The van der Waals surface area contributed by atoms with Gasteiger partial charge in [0.2, 0.25) is 5.78 Å². The van der Waals surface area contributed by atoms with E-state index >= 15 is 0 Å². The Hall–Kier alpha value is -2.91. The molecule has 8 nitrogen and oxygen atoms in total. The number of hydrogen-bond donors (Lipinski definition) is 1. The van der Waals surface area contributed by atoms with Gasteiger partial charge in [-0.05, 0) is 45.6 Å². The molecule has 2 heterocycles. The molecule has 0 saturated heterocycles. The van der Waals surface area contributed by atoms with Gasteiger partial charge in [-0.3, -0.25) is 9.59 Å². The second-order valence-corrected chi connectivity index (χ2v) is 8.76. The Balaban J connectivity index is 2.13. The SMILES string of the molecule is COc1ccc([C@@H]2C(C(=O)c3sc(C)nc3C)=C(O)C(=O)N2CCN(C)C)cc1OC. The topological polar surface area (TPSA) is 92.2 Å². The number of rotatable bonds is 8. The number of Topliss-reactive ketones (excluding diaryl/α,β-unsaturated/α-hetero) is 1. The summed E-state index contributed by atoms with van der Waals surface area (Å²) in [7, 11) is 6.85. The first-order valence-corrected chi connectivity index (χ1v) is 10.6. The molecule has 2 aromatic rings. The number of benzene rings is 1. The Bertz CT molecular complexity index is 1040. The third-order valence-corrected chi connectivity index (χ3v) is 6.24. The third kappa shape index (κ3) is 4.28. The van der Waals surface area contributed by atoms with Crippen molar-refractivity contribution in [3.63, 3.8) is 0 Å². The normalized spacial score (nSPS) is 16.4. The van der Waals surface area contributed by atoms with Gasteiger partial charge in [0, 0.05) is 13.1 Å². The second kappa shape index (κ2) is 9.07. The standard InChI is InChI=1S/C22H27N3O5S/c1-12-21(31-13(2)23-12)19(26)17-18(14-7-8-15(29-5)16(11-14)30-6)25(10-9-24(3)4)22(28)20(17)27/h7-8,11,18,27H,9-10H2,1-6H3/t18-/m1/s1. The lowest BCUT2D eigenvalue weighted by molar-refractivity contribution is -0.129. The molecular formula is C22H27N3O5S. The van der Waals surface area contributed by atoms with Crippen molar-refractivity contribution < 1.29 is 24.2 Å². The highest BCUT2D eigenvalue weighted by atomic mass is 32.1. The highest BCUT2D eigenvalue weighted by molar-refractivity contribution is 7.14. The van der Waals surface area contributed by atoms with Crippen molar-refractivity contribution in [2.24, 2.45) is 0 Å². The Morgan fingerprint density at radius 3 is 2.45 bits per heavy atom. The maximum absolute atomic E-state index is 13.5. The summed E-state index contributed by atoms with van der Waals surface area (Å²) in [6.45, 7) is 4.48. The molecule has 31 heavy (non-hydrogen) atoms. The lowest BCUT2D eigenvalue weighted by atomic mass is 9.94. The van der Waals surface area contributed by atoms with Gasteiger partial charge in [0.15, 0.2) is 17.3 Å². The van der Waals surface area contributed by atoms with E-state index in [0.29, 0.717) is 40.7 Å². The number of ketones is 1. The van der Waals surface area contributed by atoms with E-state index in [1.165, 1.54) is 30.5 Å². The molecule has 1 aliphatic heterocycles. The zero-order chi connectivity index (χ0) is 22.9. The number of likely N-dealkylation sites (N-methyl/N-ethyl adjacent to an activating group) is 1. The summed E-state index contributed by atoms with van der Waals surface area (Å²) in [6.07, 6.45) is 0. The van der Waals surface area contributed by atoms with Gasteiger partial charge >= 0.3 is 0 Å². The van der Waals surface area contributed by atoms with Crippen LogP contribution in [0.4, 0.5) is 0 Å². The molecule has 1 aromatic heterocycles.